The highest BCUT2D eigenvalue weighted by atomic mass is 16.7. The van der Waals surface area contributed by atoms with E-state index in [0.29, 0.717) is 12.8 Å². The quantitative estimate of drug-likeness (QED) is 0.729. The number of benzene rings is 1. The molecule has 0 N–H and O–H groups in total. The molecule has 0 aliphatic carbocycles. The highest BCUT2D eigenvalue weighted by Crippen LogP contribution is 2.33. The first-order chi connectivity index (χ1) is 14.8. The number of likely N-dealkylation sites (tertiary alicyclic amines) is 1. The molecule has 2 aromatic rings. The van der Waals surface area contributed by atoms with Gasteiger partial charge in [0.1, 0.15) is 5.76 Å². The molecule has 1 atom stereocenters. The number of hydrogen-bond acceptors (Lipinski definition) is 6. The van der Waals surface area contributed by atoms with Crippen LogP contribution in [0.4, 0.5) is 0 Å². The predicted molar refractivity (Wildman–Crippen MR) is 117 cm³/mol. The second-order valence-corrected chi connectivity index (χ2v) is 8.47. The summed E-state index contributed by atoms with van der Waals surface area (Å²) in [6.45, 7) is 9.27. The Kier molecular flexibility index (Phi) is 6.06. The number of hydrogen-bond donors (Lipinski definition) is 0. The molecule has 5 rings (SSSR count). The maximum atomic E-state index is 5.52. The van der Waals surface area contributed by atoms with E-state index >= 15 is 0 Å². The first-order valence-corrected chi connectivity index (χ1v) is 11.1. The summed E-state index contributed by atoms with van der Waals surface area (Å²) in [5, 5.41) is 0. The Morgan fingerprint density at radius 1 is 0.967 bits per heavy atom. The normalized spacial score (nSPS) is 23.4. The molecule has 3 aliphatic heterocycles. The maximum Gasteiger partial charge on any atom is 0.231 e. The smallest absolute Gasteiger partial charge is 0.231 e. The van der Waals surface area contributed by atoms with Crippen LogP contribution in [0.1, 0.15) is 24.2 Å². The van der Waals surface area contributed by atoms with Crippen molar-refractivity contribution in [3.05, 3.63) is 54.0 Å². The van der Waals surface area contributed by atoms with Gasteiger partial charge in [0.25, 0.3) is 0 Å². The zero-order chi connectivity index (χ0) is 20.2. The lowest BCUT2D eigenvalue weighted by Gasteiger charge is -2.43. The van der Waals surface area contributed by atoms with Crippen molar-refractivity contribution in [1.82, 2.24) is 14.7 Å². The third-order valence-electron chi connectivity index (χ3n) is 6.44. The lowest BCUT2D eigenvalue weighted by Crippen LogP contribution is -2.54. The fraction of sp³-hybridized carbons (Fsp3) is 0.500. The summed E-state index contributed by atoms with van der Waals surface area (Å²) in [6.07, 6.45) is 8.64. The van der Waals surface area contributed by atoms with Gasteiger partial charge in [0.05, 0.1) is 6.26 Å². The van der Waals surface area contributed by atoms with Gasteiger partial charge in [-0.15, -0.1) is 0 Å². The molecule has 0 saturated carbocycles. The van der Waals surface area contributed by atoms with Crippen LogP contribution in [0.15, 0.2) is 47.1 Å². The van der Waals surface area contributed by atoms with Crippen molar-refractivity contribution < 1.29 is 13.9 Å². The molecule has 0 radical (unpaired) electrons. The second-order valence-electron chi connectivity index (χ2n) is 8.47. The number of rotatable bonds is 6. The van der Waals surface area contributed by atoms with Crippen LogP contribution in [0.25, 0.3) is 6.08 Å². The van der Waals surface area contributed by atoms with Gasteiger partial charge in [0.2, 0.25) is 6.79 Å². The van der Waals surface area contributed by atoms with Crippen molar-refractivity contribution in [3.63, 3.8) is 0 Å². The molecule has 0 spiro atoms. The zero-order valence-electron chi connectivity index (χ0n) is 17.5. The fourth-order valence-corrected chi connectivity index (χ4v) is 4.78. The first kappa shape index (κ1) is 19.7. The summed E-state index contributed by atoms with van der Waals surface area (Å²) < 4.78 is 16.3. The Morgan fingerprint density at radius 2 is 1.87 bits per heavy atom. The number of piperazine rings is 1. The van der Waals surface area contributed by atoms with Crippen LogP contribution in [-0.2, 0) is 6.54 Å². The molecule has 160 valence electrons. The van der Waals surface area contributed by atoms with Crippen molar-refractivity contribution in [2.45, 2.75) is 25.4 Å². The minimum atomic E-state index is 0.342. The van der Waals surface area contributed by atoms with E-state index in [4.69, 9.17) is 13.9 Å². The number of nitrogens with zero attached hydrogens (tertiary/aromatic N) is 3. The van der Waals surface area contributed by atoms with Crippen LogP contribution >= 0.6 is 0 Å². The van der Waals surface area contributed by atoms with E-state index in [1.807, 2.05) is 18.2 Å². The molecule has 1 aromatic carbocycles. The molecule has 1 aromatic heterocycles. The third-order valence-corrected chi connectivity index (χ3v) is 6.44. The molecule has 4 heterocycles. The molecule has 2 saturated heterocycles. The molecule has 30 heavy (non-hydrogen) atoms. The molecule has 2 fully saturated rings. The van der Waals surface area contributed by atoms with Crippen LogP contribution in [0.2, 0.25) is 0 Å². The molecule has 0 amide bonds. The summed E-state index contributed by atoms with van der Waals surface area (Å²) in [7, 11) is 0. The Bertz CT molecular complexity index is 843. The Morgan fingerprint density at radius 3 is 2.73 bits per heavy atom. The zero-order valence-corrected chi connectivity index (χ0v) is 17.5. The van der Waals surface area contributed by atoms with Gasteiger partial charge >= 0.3 is 0 Å². The van der Waals surface area contributed by atoms with Crippen molar-refractivity contribution in [2.75, 3.05) is 52.6 Å². The van der Waals surface area contributed by atoms with E-state index in [-0.39, 0.29) is 0 Å². The van der Waals surface area contributed by atoms with Gasteiger partial charge < -0.3 is 13.9 Å². The lowest BCUT2D eigenvalue weighted by molar-refractivity contribution is 0.0531. The molecule has 3 aliphatic rings. The van der Waals surface area contributed by atoms with Gasteiger partial charge in [-0.3, -0.25) is 14.7 Å². The van der Waals surface area contributed by atoms with Gasteiger partial charge in [0, 0.05) is 51.9 Å². The number of fused-ring (bicyclic) bond motifs is 1. The predicted octanol–water partition coefficient (Wildman–Crippen LogP) is 3.30. The highest BCUT2D eigenvalue weighted by molar-refractivity contribution is 5.44. The van der Waals surface area contributed by atoms with Crippen molar-refractivity contribution in [1.29, 1.82) is 0 Å². The van der Waals surface area contributed by atoms with Gasteiger partial charge in [0.15, 0.2) is 11.5 Å². The summed E-state index contributed by atoms with van der Waals surface area (Å²) >= 11 is 0. The Labute approximate surface area is 178 Å². The van der Waals surface area contributed by atoms with Gasteiger partial charge in [-0.05, 0) is 55.3 Å². The van der Waals surface area contributed by atoms with E-state index in [9.17, 15) is 0 Å². The number of piperidine rings is 1. The van der Waals surface area contributed by atoms with E-state index < -0.39 is 0 Å². The molecule has 6 heteroatoms. The number of ether oxygens (including phenoxy) is 2. The van der Waals surface area contributed by atoms with E-state index in [0.717, 1.165) is 56.5 Å². The SMILES string of the molecule is C(=C\c1ccco1)/CN1CCCC(N2CCN(Cc3ccc4c(c3)OCO4)CC2)C1. The first-order valence-electron chi connectivity index (χ1n) is 11.1. The average Bonchev–Trinajstić information content (AvgIpc) is 3.46. The summed E-state index contributed by atoms with van der Waals surface area (Å²) in [5.74, 6) is 2.68. The Hall–Kier alpha value is -2.28. The van der Waals surface area contributed by atoms with Crippen LogP contribution in [0.3, 0.4) is 0 Å². The van der Waals surface area contributed by atoms with Crippen LogP contribution in [0, 0.1) is 0 Å². The van der Waals surface area contributed by atoms with Crippen LogP contribution in [0.5, 0.6) is 11.5 Å². The van der Waals surface area contributed by atoms with Crippen molar-refractivity contribution in [3.8, 4) is 11.5 Å². The maximum absolute atomic E-state index is 5.52. The Balaban J connectivity index is 1.08. The average molecular weight is 410 g/mol. The van der Waals surface area contributed by atoms with Gasteiger partial charge in [-0.25, -0.2) is 0 Å². The second kappa shape index (κ2) is 9.25. The third kappa shape index (κ3) is 4.72. The summed E-state index contributed by atoms with van der Waals surface area (Å²) in [6, 6.07) is 10.9. The monoisotopic (exact) mass is 409 g/mol. The summed E-state index contributed by atoms with van der Waals surface area (Å²) in [5.41, 5.74) is 1.31. The fourth-order valence-electron chi connectivity index (χ4n) is 4.78. The summed E-state index contributed by atoms with van der Waals surface area (Å²) in [4.78, 5) is 7.84. The van der Waals surface area contributed by atoms with Gasteiger partial charge in [-0.1, -0.05) is 12.1 Å². The molecule has 0 bridgehead atoms. The molecule has 1 unspecified atom stereocenters. The number of furan rings is 1. The largest absolute Gasteiger partial charge is 0.465 e. The van der Waals surface area contributed by atoms with Crippen LogP contribution in [-0.4, -0.2) is 73.3 Å². The van der Waals surface area contributed by atoms with E-state index in [1.165, 1.54) is 31.5 Å². The molecular formula is C24H31N3O3. The standard InChI is InChI=1S/C24H31N3O3/c1-4-21(18-25(9-1)10-2-5-22-6-3-15-28-22)27-13-11-26(12-14-27)17-20-7-8-23-24(16-20)30-19-29-23/h2-3,5-8,15-16,21H,1,4,9-14,17-19H2/b5-2+. The molecule has 6 nitrogen and oxygen atoms in total. The lowest BCUT2D eigenvalue weighted by atomic mass is 10.0. The minimum Gasteiger partial charge on any atom is -0.465 e. The van der Waals surface area contributed by atoms with Gasteiger partial charge in [-0.2, -0.15) is 0 Å². The van der Waals surface area contributed by atoms with Crippen molar-refractivity contribution in [2.24, 2.45) is 0 Å². The van der Waals surface area contributed by atoms with E-state index in [2.05, 4.69) is 39.0 Å². The minimum absolute atomic E-state index is 0.342. The highest BCUT2D eigenvalue weighted by Gasteiger charge is 2.28. The topological polar surface area (TPSA) is 41.3 Å². The van der Waals surface area contributed by atoms with Crippen LogP contribution < -0.4 is 9.47 Å². The van der Waals surface area contributed by atoms with Crippen molar-refractivity contribution >= 4 is 6.08 Å². The molecular weight excluding hydrogens is 378 g/mol. The van der Waals surface area contributed by atoms with E-state index in [1.54, 1.807) is 6.26 Å².